The van der Waals surface area contributed by atoms with Gasteiger partial charge >= 0.3 is 6.18 Å². The highest BCUT2D eigenvalue weighted by Crippen LogP contribution is 2.33. The monoisotopic (exact) mass is 353 g/mol. The van der Waals surface area contributed by atoms with Crippen LogP contribution in [0.5, 0.6) is 0 Å². The molecule has 0 aliphatic heterocycles. The van der Waals surface area contributed by atoms with Crippen LogP contribution < -0.4 is 0 Å². The van der Waals surface area contributed by atoms with Gasteiger partial charge in [-0.25, -0.2) is 9.50 Å². The molecule has 0 bridgehead atoms. The topological polar surface area (TPSA) is 30.2 Å². The molecule has 24 heavy (non-hydrogen) atoms. The fourth-order valence-electron chi connectivity index (χ4n) is 2.31. The Morgan fingerprint density at radius 3 is 2.17 bits per heavy atom. The molecule has 0 saturated carbocycles. The highest BCUT2D eigenvalue weighted by atomic mass is 35.5. The first kappa shape index (κ1) is 16.8. The van der Waals surface area contributed by atoms with E-state index in [1.54, 1.807) is 30.3 Å². The van der Waals surface area contributed by atoms with Crippen LogP contribution in [-0.2, 0) is 11.6 Å². The van der Waals surface area contributed by atoms with Crippen LogP contribution in [0.15, 0.2) is 36.4 Å². The third-order valence-corrected chi connectivity index (χ3v) is 3.88. The molecule has 0 N–H and O–H groups in total. The SMILES string of the molecule is CC(C)(C)c1cc2nc(-c3ccc(Cl)cc3)cc(C(F)(F)F)n2n1. The molecule has 126 valence electrons. The van der Waals surface area contributed by atoms with Crippen molar-refractivity contribution in [2.24, 2.45) is 0 Å². The summed E-state index contributed by atoms with van der Waals surface area (Å²) < 4.78 is 41.3. The van der Waals surface area contributed by atoms with Crippen molar-refractivity contribution in [2.45, 2.75) is 32.4 Å². The molecule has 7 heteroatoms. The standard InChI is InChI=1S/C17H15ClF3N3/c1-16(2,3)13-9-15-22-12(10-4-6-11(18)7-5-10)8-14(17(19,20)21)24(15)23-13/h4-9H,1-3H3. The summed E-state index contributed by atoms with van der Waals surface area (Å²) in [7, 11) is 0. The zero-order chi connectivity index (χ0) is 17.7. The van der Waals surface area contributed by atoms with Gasteiger partial charge in [0.2, 0.25) is 0 Å². The Bertz CT molecular complexity index is 890. The number of halogens is 4. The largest absolute Gasteiger partial charge is 0.433 e. The van der Waals surface area contributed by atoms with Gasteiger partial charge in [-0.05, 0) is 18.2 Å². The molecule has 0 radical (unpaired) electrons. The first-order chi connectivity index (χ1) is 11.1. The minimum Gasteiger partial charge on any atom is -0.228 e. The molecule has 3 aromatic rings. The summed E-state index contributed by atoms with van der Waals surface area (Å²) in [4.78, 5) is 4.34. The Hall–Kier alpha value is -2.08. The highest BCUT2D eigenvalue weighted by Gasteiger charge is 2.36. The molecule has 0 amide bonds. The molecule has 0 aliphatic carbocycles. The van der Waals surface area contributed by atoms with Crippen LogP contribution in [0.25, 0.3) is 16.9 Å². The number of rotatable bonds is 1. The number of benzene rings is 1. The summed E-state index contributed by atoms with van der Waals surface area (Å²) in [6, 6.07) is 9.12. The van der Waals surface area contributed by atoms with Gasteiger partial charge in [0.15, 0.2) is 11.3 Å². The number of aromatic nitrogens is 3. The van der Waals surface area contributed by atoms with Crippen molar-refractivity contribution in [3.8, 4) is 11.3 Å². The van der Waals surface area contributed by atoms with Gasteiger partial charge in [0.1, 0.15) is 0 Å². The average molecular weight is 354 g/mol. The molecule has 1 aromatic carbocycles. The zero-order valence-electron chi connectivity index (χ0n) is 13.3. The smallest absolute Gasteiger partial charge is 0.228 e. The molecular formula is C17H15ClF3N3. The Balaban J connectivity index is 2.28. The van der Waals surface area contributed by atoms with Crippen LogP contribution >= 0.6 is 11.6 Å². The van der Waals surface area contributed by atoms with E-state index >= 15 is 0 Å². The molecule has 2 aromatic heterocycles. The number of alkyl halides is 3. The first-order valence-electron chi connectivity index (χ1n) is 7.30. The summed E-state index contributed by atoms with van der Waals surface area (Å²) in [5.41, 5.74) is 0.274. The van der Waals surface area contributed by atoms with E-state index in [9.17, 15) is 13.2 Å². The third kappa shape index (κ3) is 3.11. The van der Waals surface area contributed by atoms with E-state index in [1.165, 1.54) is 0 Å². The minimum atomic E-state index is -4.54. The highest BCUT2D eigenvalue weighted by molar-refractivity contribution is 6.30. The molecule has 0 spiro atoms. The predicted octanol–water partition coefficient (Wildman–Crippen LogP) is 5.37. The summed E-state index contributed by atoms with van der Waals surface area (Å²) in [5.74, 6) is 0. The molecule has 3 nitrogen and oxygen atoms in total. The van der Waals surface area contributed by atoms with Gasteiger partial charge in [-0.1, -0.05) is 44.5 Å². The summed E-state index contributed by atoms with van der Waals surface area (Å²) >= 11 is 5.84. The Labute approximate surface area is 142 Å². The van der Waals surface area contributed by atoms with Crippen molar-refractivity contribution in [3.05, 3.63) is 52.8 Å². The van der Waals surface area contributed by atoms with E-state index in [1.807, 2.05) is 20.8 Å². The fraction of sp³-hybridized carbons (Fsp3) is 0.294. The quantitative estimate of drug-likeness (QED) is 0.589. The van der Waals surface area contributed by atoms with Crippen LogP contribution in [0.1, 0.15) is 32.2 Å². The predicted molar refractivity (Wildman–Crippen MR) is 87.1 cm³/mol. The van der Waals surface area contributed by atoms with E-state index in [0.717, 1.165) is 10.6 Å². The normalized spacial score (nSPS) is 12.8. The van der Waals surface area contributed by atoms with Crippen molar-refractivity contribution < 1.29 is 13.2 Å². The van der Waals surface area contributed by atoms with Crippen molar-refractivity contribution in [1.29, 1.82) is 0 Å². The van der Waals surface area contributed by atoms with Crippen LogP contribution in [0, 0.1) is 0 Å². The molecule has 0 saturated heterocycles. The fourth-order valence-corrected chi connectivity index (χ4v) is 2.44. The minimum absolute atomic E-state index is 0.166. The second-order valence-corrected chi connectivity index (χ2v) is 7.02. The van der Waals surface area contributed by atoms with E-state index in [0.29, 0.717) is 16.3 Å². The number of nitrogens with zero attached hydrogens (tertiary/aromatic N) is 3. The molecule has 3 rings (SSSR count). The van der Waals surface area contributed by atoms with Gasteiger partial charge in [-0.15, -0.1) is 0 Å². The number of hydrogen-bond donors (Lipinski definition) is 0. The van der Waals surface area contributed by atoms with Gasteiger partial charge in [-0.2, -0.15) is 18.3 Å². The van der Waals surface area contributed by atoms with Crippen molar-refractivity contribution in [1.82, 2.24) is 14.6 Å². The average Bonchev–Trinajstić information content (AvgIpc) is 2.89. The lowest BCUT2D eigenvalue weighted by Gasteiger charge is -2.14. The van der Waals surface area contributed by atoms with E-state index in [4.69, 9.17) is 11.6 Å². The Morgan fingerprint density at radius 2 is 1.62 bits per heavy atom. The number of hydrogen-bond acceptors (Lipinski definition) is 2. The van der Waals surface area contributed by atoms with Gasteiger partial charge in [-0.3, -0.25) is 0 Å². The van der Waals surface area contributed by atoms with Gasteiger partial charge < -0.3 is 0 Å². The van der Waals surface area contributed by atoms with Crippen LogP contribution in [0.4, 0.5) is 13.2 Å². The molecule has 0 unspecified atom stereocenters. The lowest BCUT2D eigenvalue weighted by molar-refractivity contribution is -0.142. The van der Waals surface area contributed by atoms with Crippen molar-refractivity contribution >= 4 is 17.2 Å². The van der Waals surface area contributed by atoms with Crippen LogP contribution in [-0.4, -0.2) is 14.6 Å². The van der Waals surface area contributed by atoms with E-state index < -0.39 is 11.9 Å². The molecule has 0 atom stereocenters. The van der Waals surface area contributed by atoms with Crippen molar-refractivity contribution in [2.75, 3.05) is 0 Å². The van der Waals surface area contributed by atoms with Gasteiger partial charge in [0, 0.05) is 22.1 Å². The van der Waals surface area contributed by atoms with E-state index in [-0.39, 0.29) is 16.8 Å². The molecule has 2 heterocycles. The van der Waals surface area contributed by atoms with E-state index in [2.05, 4.69) is 10.1 Å². The van der Waals surface area contributed by atoms with Gasteiger partial charge in [0.05, 0.1) is 11.4 Å². The maximum absolute atomic E-state index is 13.5. The summed E-state index contributed by atoms with van der Waals surface area (Å²) in [5, 5.41) is 4.62. The second-order valence-electron chi connectivity index (χ2n) is 6.58. The Morgan fingerprint density at radius 1 is 1.00 bits per heavy atom. The third-order valence-electron chi connectivity index (χ3n) is 3.63. The summed E-state index contributed by atoms with van der Waals surface area (Å²) in [6.45, 7) is 5.67. The number of fused-ring (bicyclic) bond motifs is 1. The maximum atomic E-state index is 13.5. The Kier molecular flexibility index (Phi) is 3.83. The molecule has 0 fully saturated rings. The molecule has 0 aliphatic rings. The lowest BCUT2D eigenvalue weighted by atomic mass is 9.93. The maximum Gasteiger partial charge on any atom is 0.433 e. The summed E-state index contributed by atoms with van der Waals surface area (Å²) in [6.07, 6.45) is -4.54. The first-order valence-corrected chi connectivity index (χ1v) is 7.68. The van der Waals surface area contributed by atoms with Crippen LogP contribution in [0.2, 0.25) is 5.02 Å². The second kappa shape index (κ2) is 5.48. The van der Waals surface area contributed by atoms with Crippen molar-refractivity contribution in [3.63, 3.8) is 0 Å². The lowest BCUT2D eigenvalue weighted by Crippen LogP contribution is -2.15. The van der Waals surface area contributed by atoms with Gasteiger partial charge in [0.25, 0.3) is 0 Å². The molecular weight excluding hydrogens is 339 g/mol. The van der Waals surface area contributed by atoms with Crippen LogP contribution in [0.3, 0.4) is 0 Å². The zero-order valence-corrected chi connectivity index (χ0v) is 14.1.